The van der Waals surface area contributed by atoms with Gasteiger partial charge in [0.1, 0.15) is 5.75 Å². The molecule has 2 rings (SSSR count). The number of ether oxygens (including phenoxy) is 1. The third kappa shape index (κ3) is 5.71. The number of carbonyl (C=O) groups excluding carboxylic acids is 1. The Balaban J connectivity index is 1.93. The van der Waals surface area contributed by atoms with Crippen molar-refractivity contribution in [3.63, 3.8) is 0 Å². The molecule has 1 heterocycles. The molecule has 0 aromatic heterocycles. The van der Waals surface area contributed by atoms with Crippen LogP contribution in [0.1, 0.15) is 45.1 Å². The number of nitrogens with one attached hydrogen (secondary N) is 1. The van der Waals surface area contributed by atoms with Crippen LogP contribution in [-0.4, -0.2) is 50.7 Å². The van der Waals surface area contributed by atoms with E-state index < -0.39 is 16.1 Å². The van der Waals surface area contributed by atoms with Gasteiger partial charge >= 0.3 is 0 Å². The first-order valence-corrected chi connectivity index (χ1v) is 10.6. The second kappa shape index (κ2) is 8.19. The highest BCUT2D eigenvalue weighted by atomic mass is 32.2. The average Bonchev–Trinajstić information content (AvgIpc) is 2.53. The van der Waals surface area contributed by atoms with Crippen LogP contribution in [0.4, 0.5) is 0 Å². The van der Waals surface area contributed by atoms with Gasteiger partial charge in [0.25, 0.3) is 5.91 Å². The van der Waals surface area contributed by atoms with Crippen molar-refractivity contribution >= 4 is 15.9 Å². The highest BCUT2D eigenvalue weighted by Crippen LogP contribution is 2.27. The van der Waals surface area contributed by atoms with Gasteiger partial charge in [0.05, 0.1) is 6.26 Å². The molecule has 1 aromatic carbocycles. The number of para-hydroxylation sites is 1. The summed E-state index contributed by atoms with van der Waals surface area (Å²) in [5.41, 5.74) is 1.08. The highest BCUT2D eigenvalue weighted by Gasteiger charge is 2.28. The Labute approximate surface area is 150 Å². The number of piperidine rings is 1. The van der Waals surface area contributed by atoms with E-state index >= 15 is 0 Å². The molecule has 0 aliphatic carbocycles. The second-order valence-corrected chi connectivity index (χ2v) is 8.72. The van der Waals surface area contributed by atoms with Gasteiger partial charge in [-0.3, -0.25) is 4.79 Å². The maximum absolute atomic E-state index is 12.6. The number of nitrogens with zero attached hydrogens (tertiary/aromatic N) is 1. The number of rotatable bonds is 6. The lowest BCUT2D eigenvalue weighted by Crippen LogP contribution is -2.49. The van der Waals surface area contributed by atoms with Gasteiger partial charge in [0.15, 0.2) is 6.10 Å². The zero-order valence-corrected chi connectivity index (χ0v) is 16.2. The SMILES string of the molecule is CC(Oc1ccccc1C(C)C)C(=O)N1CCC(NS(C)(=O)=O)CC1. The van der Waals surface area contributed by atoms with Crippen molar-refractivity contribution in [2.45, 2.75) is 51.7 Å². The minimum absolute atomic E-state index is 0.0589. The van der Waals surface area contributed by atoms with Gasteiger partial charge in [0.2, 0.25) is 10.0 Å². The molecule has 0 spiro atoms. The van der Waals surface area contributed by atoms with Crippen LogP contribution >= 0.6 is 0 Å². The predicted molar refractivity (Wildman–Crippen MR) is 98.2 cm³/mol. The Morgan fingerprint density at radius 1 is 1.20 bits per heavy atom. The van der Waals surface area contributed by atoms with Crippen LogP contribution in [-0.2, 0) is 14.8 Å². The lowest BCUT2D eigenvalue weighted by Gasteiger charge is -2.33. The molecular weight excluding hydrogens is 340 g/mol. The van der Waals surface area contributed by atoms with E-state index in [4.69, 9.17) is 4.74 Å². The second-order valence-electron chi connectivity index (χ2n) is 6.94. The first kappa shape index (κ1) is 19.7. The molecule has 0 bridgehead atoms. The van der Waals surface area contributed by atoms with E-state index in [1.807, 2.05) is 24.3 Å². The lowest BCUT2D eigenvalue weighted by atomic mass is 10.0. The fourth-order valence-corrected chi connectivity index (χ4v) is 3.92. The van der Waals surface area contributed by atoms with Gasteiger partial charge < -0.3 is 9.64 Å². The molecule has 1 aliphatic rings. The minimum Gasteiger partial charge on any atom is -0.481 e. The van der Waals surface area contributed by atoms with Crippen LogP contribution in [0.2, 0.25) is 0 Å². The standard InChI is InChI=1S/C18H28N2O4S/c1-13(2)16-7-5-6-8-17(16)24-14(3)18(21)20-11-9-15(10-12-20)19-25(4,22)23/h5-8,13-15,19H,9-12H2,1-4H3. The third-order valence-corrected chi connectivity index (χ3v) is 5.14. The molecule has 25 heavy (non-hydrogen) atoms. The summed E-state index contributed by atoms with van der Waals surface area (Å²) >= 11 is 0. The van der Waals surface area contributed by atoms with Gasteiger partial charge in [-0.15, -0.1) is 0 Å². The Kier molecular flexibility index (Phi) is 6.46. The minimum atomic E-state index is -3.21. The fourth-order valence-electron chi connectivity index (χ4n) is 3.08. The summed E-state index contributed by atoms with van der Waals surface area (Å²) in [4.78, 5) is 14.4. The van der Waals surface area contributed by atoms with E-state index in [2.05, 4.69) is 18.6 Å². The molecule has 1 fully saturated rings. The number of hydrogen-bond acceptors (Lipinski definition) is 4. The quantitative estimate of drug-likeness (QED) is 0.834. The summed E-state index contributed by atoms with van der Waals surface area (Å²) in [5, 5.41) is 0. The molecule has 1 N–H and O–H groups in total. The van der Waals surface area contributed by atoms with Crippen molar-refractivity contribution in [1.29, 1.82) is 0 Å². The maximum Gasteiger partial charge on any atom is 0.263 e. The first-order valence-electron chi connectivity index (χ1n) is 8.69. The Morgan fingerprint density at radius 2 is 1.80 bits per heavy atom. The van der Waals surface area contributed by atoms with Gasteiger partial charge in [0, 0.05) is 19.1 Å². The molecule has 0 radical (unpaired) electrons. The van der Waals surface area contributed by atoms with Crippen LogP contribution in [0.3, 0.4) is 0 Å². The summed E-state index contributed by atoms with van der Waals surface area (Å²) in [6, 6.07) is 7.67. The smallest absolute Gasteiger partial charge is 0.263 e. The third-order valence-electron chi connectivity index (χ3n) is 4.38. The van der Waals surface area contributed by atoms with Crippen molar-refractivity contribution in [2.24, 2.45) is 0 Å². The van der Waals surface area contributed by atoms with Crippen molar-refractivity contribution < 1.29 is 17.9 Å². The number of carbonyl (C=O) groups is 1. The average molecular weight is 368 g/mol. The van der Waals surface area contributed by atoms with Crippen LogP contribution in [0.5, 0.6) is 5.75 Å². The molecule has 1 atom stereocenters. The number of hydrogen-bond donors (Lipinski definition) is 1. The summed E-state index contributed by atoms with van der Waals surface area (Å²) in [7, 11) is -3.21. The number of amides is 1. The van der Waals surface area contributed by atoms with E-state index in [0.717, 1.165) is 17.6 Å². The lowest BCUT2D eigenvalue weighted by molar-refractivity contribution is -0.139. The molecule has 1 aliphatic heterocycles. The summed E-state index contributed by atoms with van der Waals surface area (Å²) in [6.45, 7) is 7.01. The zero-order chi connectivity index (χ0) is 18.6. The number of benzene rings is 1. The van der Waals surface area contributed by atoms with Crippen LogP contribution in [0.15, 0.2) is 24.3 Å². The fraction of sp³-hybridized carbons (Fsp3) is 0.611. The maximum atomic E-state index is 12.6. The molecule has 1 unspecified atom stereocenters. The van der Waals surface area contributed by atoms with Gasteiger partial charge in [-0.1, -0.05) is 32.0 Å². The molecule has 1 aromatic rings. The number of likely N-dealkylation sites (tertiary alicyclic amines) is 1. The van der Waals surface area contributed by atoms with Crippen LogP contribution in [0.25, 0.3) is 0 Å². The summed E-state index contributed by atoms with van der Waals surface area (Å²) in [5.74, 6) is 1.000. The number of sulfonamides is 1. The summed E-state index contributed by atoms with van der Waals surface area (Å²) < 4.78 is 31.1. The molecule has 1 saturated heterocycles. The van der Waals surface area contributed by atoms with E-state index in [0.29, 0.717) is 31.8 Å². The van der Waals surface area contributed by atoms with Crippen molar-refractivity contribution in [3.05, 3.63) is 29.8 Å². The van der Waals surface area contributed by atoms with Crippen molar-refractivity contribution in [2.75, 3.05) is 19.3 Å². The Bertz CT molecular complexity index is 695. The largest absolute Gasteiger partial charge is 0.481 e. The van der Waals surface area contributed by atoms with E-state index in [1.165, 1.54) is 0 Å². The molecule has 140 valence electrons. The van der Waals surface area contributed by atoms with E-state index in [9.17, 15) is 13.2 Å². The van der Waals surface area contributed by atoms with Crippen LogP contribution < -0.4 is 9.46 Å². The Morgan fingerprint density at radius 3 is 2.36 bits per heavy atom. The molecular formula is C18H28N2O4S. The zero-order valence-electron chi connectivity index (χ0n) is 15.4. The van der Waals surface area contributed by atoms with Gasteiger partial charge in [-0.2, -0.15) is 0 Å². The van der Waals surface area contributed by atoms with Crippen molar-refractivity contribution in [1.82, 2.24) is 9.62 Å². The van der Waals surface area contributed by atoms with E-state index in [-0.39, 0.29) is 11.9 Å². The topological polar surface area (TPSA) is 75.7 Å². The summed E-state index contributed by atoms with van der Waals surface area (Å²) in [6.07, 6.45) is 1.83. The molecule has 7 heteroatoms. The van der Waals surface area contributed by atoms with Gasteiger partial charge in [-0.25, -0.2) is 13.1 Å². The van der Waals surface area contributed by atoms with Crippen molar-refractivity contribution in [3.8, 4) is 5.75 Å². The Hall–Kier alpha value is -1.60. The molecule has 6 nitrogen and oxygen atoms in total. The van der Waals surface area contributed by atoms with E-state index in [1.54, 1.807) is 11.8 Å². The first-order chi connectivity index (χ1) is 11.7. The molecule has 1 amide bonds. The van der Waals surface area contributed by atoms with Gasteiger partial charge in [-0.05, 0) is 37.3 Å². The highest BCUT2D eigenvalue weighted by molar-refractivity contribution is 7.88. The predicted octanol–water partition coefficient (Wildman–Crippen LogP) is 2.12. The normalized spacial score (nSPS) is 17.6. The van der Waals surface area contributed by atoms with Crippen LogP contribution in [0, 0.1) is 0 Å². The monoisotopic (exact) mass is 368 g/mol. The molecule has 0 saturated carbocycles.